The van der Waals surface area contributed by atoms with Crippen LogP contribution >= 0.6 is 0 Å². The Hall–Kier alpha value is -2.84. The number of benzene rings is 2. The summed E-state index contributed by atoms with van der Waals surface area (Å²) < 4.78 is 73.1. The van der Waals surface area contributed by atoms with Gasteiger partial charge >= 0.3 is 6.09 Å². The lowest BCUT2D eigenvalue weighted by atomic mass is 9.62. The van der Waals surface area contributed by atoms with E-state index in [1.165, 1.54) is 13.2 Å². The third-order valence-electron chi connectivity index (χ3n) is 12.0. The molecule has 1 amide bonds. The minimum absolute atomic E-state index is 0.0344. The Labute approximate surface area is 300 Å². The van der Waals surface area contributed by atoms with Crippen molar-refractivity contribution >= 4 is 21.6 Å². The molecular weight excluding hydrogens is 679 g/mol. The van der Waals surface area contributed by atoms with Crippen molar-refractivity contribution in [2.24, 2.45) is 17.8 Å². The summed E-state index contributed by atoms with van der Waals surface area (Å²) >= 11 is 0. The number of nitrogens with one attached hydrogen (secondary N) is 1. The van der Waals surface area contributed by atoms with E-state index in [-0.39, 0.29) is 53.4 Å². The Balaban J connectivity index is 0.995. The van der Waals surface area contributed by atoms with E-state index < -0.39 is 27.1 Å². The third kappa shape index (κ3) is 7.65. The molecule has 1 unspecified atom stereocenters. The third-order valence-corrected chi connectivity index (χ3v) is 13.9. The number of nitrogens with zero attached hydrogens (tertiary/aromatic N) is 3. The Morgan fingerprint density at radius 2 is 1.69 bits per heavy atom. The zero-order valence-corrected chi connectivity index (χ0v) is 30.4. The SMILES string of the molecule is COC(=O)N[C@H]1CCC[C@@H]1C(c1cccc(F)c1)(C1CCN(CC2(F)CN(c3ccc(S(=O)(=O)CC4COCCOC4)cc3)C2)CC1)N1CCC1. The maximum atomic E-state index is 16.2. The number of anilines is 1. The van der Waals surface area contributed by atoms with Gasteiger partial charge in [-0.05, 0) is 93.1 Å². The first-order valence-corrected chi connectivity index (χ1v) is 20.2. The minimum atomic E-state index is -3.51. The van der Waals surface area contributed by atoms with E-state index in [0.29, 0.717) is 33.0 Å². The molecule has 4 saturated heterocycles. The van der Waals surface area contributed by atoms with Crippen LogP contribution in [-0.2, 0) is 29.6 Å². The summed E-state index contributed by atoms with van der Waals surface area (Å²) in [6, 6.07) is 13.7. The van der Waals surface area contributed by atoms with Gasteiger partial charge in [-0.25, -0.2) is 22.0 Å². The first kappa shape index (κ1) is 36.5. The number of carbonyl (C=O) groups excluding carboxylic acids is 1. The van der Waals surface area contributed by atoms with E-state index in [0.717, 1.165) is 76.0 Å². The molecule has 51 heavy (non-hydrogen) atoms. The second-order valence-corrected chi connectivity index (χ2v) is 17.3. The number of sulfone groups is 1. The number of hydrogen-bond acceptors (Lipinski definition) is 9. The van der Waals surface area contributed by atoms with Crippen molar-refractivity contribution in [3.63, 3.8) is 0 Å². The fourth-order valence-electron chi connectivity index (χ4n) is 9.61. The number of alkyl halides is 1. The monoisotopic (exact) mass is 730 g/mol. The Kier molecular flexibility index (Phi) is 10.9. The molecule has 0 spiro atoms. The van der Waals surface area contributed by atoms with Crippen LogP contribution in [0.15, 0.2) is 53.4 Å². The molecule has 4 heterocycles. The van der Waals surface area contributed by atoms with Gasteiger partial charge in [-0.1, -0.05) is 18.6 Å². The van der Waals surface area contributed by atoms with Crippen LogP contribution in [-0.4, -0.2) is 121 Å². The number of hydrogen-bond donors (Lipinski definition) is 1. The van der Waals surface area contributed by atoms with Gasteiger partial charge in [0.15, 0.2) is 15.5 Å². The summed E-state index contributed by atoms with van der Waals surface area (Å²) in [6.45, 7) is 5.86. The zero-order valence-electron chi connectivity index (χ0n) is 29.6. The number of amides is 1. The molecule has 3 atom stereocenters. The number of halogens is 2. The maximum absolute atomic E-state index is 16.2. The number of piperidine rings is 1. The summed E-state index contributed by atoms with van der Waals surface area (Å²) in [4.78, 5) is 19.4. The van der Waals surface area contributed by atoms with E-state index in [2.05, 4.69) is 21.2 Å². The molecule has 7 rings (SSSR count). The number of carbonyl (C=O) groups is 1. The highest BCUT2D eigenvalue weighted by Gasteiger charge is 2.56. The van der Waals surface area contributed by atoms with Crippen LogP contribution < -0.4 is 10.2 Å². The lowest BCUT2D eigenvalue weighted by Crippen LogP contribution is -2.66. The smallest absolute Gasteiger partial charge is 0.407 e. The first-order chi connectivity index (χ1) is 24.6. The number of ether oxygens (including phenoxy) is 3. The van der Waals surface area contributed by atoms with E-state index >= 15 is 4.39 Å². The topological polar surface area (TPSA) is 101 Å². The molecule has 1 saturated carbocycles. The average Bonchev–Trinajstić information content (AvgIpc) is 3.39. The van der Waals surface area contributed by atoms with Crippen molar-refractivity contribution in [1.82, 2.24) is 15.1 Å². The summed E-state index contributed by atoms with van der Waals surface area (Å²) in [5.41, 5.74) is -0.0169. The van der Waals surface area contributed by atoms with Gasteiger partial charge in [-0.3, -0.25) is 9.80 Å². The fourth-order valence-corrected chi connectivity index (χ4v) is 11.2. The van der Waals surface area contributed by atoms with Gasteiger partial charge in [0.2, 0.25) is 0 Å². The molecule has 2 aromatic rings. The van der Waals surface area contributed by atoms with Crippen molar-refractivity contribution in [1.29, 1.82) is 0 Å². The molecule has 13 heteroatoms. The summed E-state index contributed by atoms with van der Waals surface area (Å²) in [5, 5.41) is 3.13. The van der Waals surface area contributed by atoms with Gasteiger partial charge < -0.3 is 24.4 Å². The molecule has 2 aromatic carbocycles. The highest BCUT2D eigenvalue weighted by Crippen LogP contribution is 2.54. The molecule has 0 aromatic heterocycles. The van der Waals surface area contributed by atoms with Gasteiger partial charge in [0, 0.05) is 43.2 Å². The van der Waals surface area contributed by atoms with Gasteiger partial charge in [0.1, 0.15) is 5.82 Å². The van der Waals surface area contributed by atoms with Gasteiger partial charge in [0.25, 0.3) is 0 Å². The lowest BCUT2D eigenvalue weighted by Gasteiger charge is -2.59. The second kappa shape index (κ2) is 15.3. The van der Waals surface area contributed by atoms with Crippen molar-refractivity contribution in [2.75, 3.05) is 90.0 Å². The van der Waals surface area contributed by atoms with Crippen LogP contribution in [0.1, 0.15) is 44.1 Å². The first-order valence-electron chi connectivity index (χ1n) is 18.6. The quantitative estimate of drug-likeness (QED) is 0.355. The summed E-state index contributed by atoms with van der Waals surface area (Å²) in [7, 11) is -2.12. The molecule has 1 N–H and O–H groups in total. The second-order valence-electron chi connectivity index (χ2n) is 15.3. The van der Waals surface area contributed by atoms with Crippen LogP contribution in [0.4, 0.5) is 19.3 Å². The maximum Gasteiger partial charge on any atom is 0.407 e. The molecule has 4 aliphatic heterocycles. The molecule has 5 fully saturated rings. The molecule has 0 bridgehead atoms. The minimum Gasteiger partial charge on any atom is -0.453 e. The lowest BCUT2D eigenvalue weighted by molar-refractivity contribution is -0.0880. The van der Waals surface area contributed by atoms with Crippen LogP contribution in [0, 0.1) is 23.6 Å². The van der Waals surface area contributed by atoms with Gasteiger partial charge in [-0.2, -0.15) is 0 Å². The standard InChI is InChI=1S/C38H52F2N4O6S/c1-48-36(45)41-35-8-3-7-34(35)38(44-15-4-16-44,30-5-2-6-31(39)21-30)29-13-17-42(18-14-29)25-37(40)26-43(27-37)32-9-11-33(12-10-32)51(46,47)24-28-22-49-19-20-50-23-28/h2,5-6,9-12,21,28-29,34-35H,3-4,7-8,13-20,22-27H2,1H3,(H,41,45)/t34-,35-,38?/m0/s1. The predicted octanol–water partition coefficient (Wildman–Crippen LogP) is 4.63. The summed E-state index contributed by atoms with van der Waals surface area (Å²) in [5.74, 6) is -0.180. The van der Waals surface area contributed by atoms with Crippen LogP contribution in [0.2, 0.25) is 0 Å². The molecule has 280 valence electrons. The van der Waals surface area contributed by atoms with Crippen molar-refractivity contribution < 1.29 is 36.2 Å². The Morgan fingerprint density at radius 3 is 2.31 bits per heavy atom. The number of methoxy groups -OCH3 is 1. The number of alkyl carbamates (subject to hydrolysis) is 1. The highest BCUT2D eigenvalue weighted by atomic mass is 32.2. The summed E-state index contributed by atoms with van der Waals surface area (Å²) in [6.07, 6.45) is 5.12. The Bertz CT molecular complexity index is 1610. The molecule has 10 nitrogen and oxygen atoms in total. The normalized spacial score (nSPS) is 26.5. The van der Waals surface area contributed by atoms with Gasteiger partial charge in [0.05, 0.1) is 62.8 Å². The Morgan fingerprint density at radius 1 is 0.980 bits per heavy atom. The average molecular weight is 731 g/mol. The number of likely N-dealkylation sites (tertiary alicyclic amines) is 2. The van der Waals surface area contributed by atoms with Crippen molar-refractivity contribution in [2.45, 2.75) is 60.7 Å². The van der Waals surface area contributed by atoms with E-state index in [1.54, 1.807) is 36.4 Å². The van der Waals surface area contributed by atoms with Crippen molar-refractivity contribution in [3.05, 3.63) is 59.9 Å². The number of rotatable bonds is 11. The van der Waals surface area contributed by atoms with Crippen LogP contribution in [0.3, 0.4) is 0 Å². The van der Waals surface area contributed by atoms with Crippen LogP contribution in [0.25, 0.3) is 0 Å². The zero-order chi connectivity index (χ0) is 35.6. The molecule has 0 radical (unpaired) electrons. The van der Waals surface area contributed by atoms with E-state index in [4.69, 9.17) is 14.2 Å². The highest BCUT2D eigenvalue weighted by molar-refractivity contribution is 7.91. The molecule has 5 aliphatic rings. The fraction of sp³-hybridized carbons (Fsp3) is 0.658. The molecular formula is C38H52F2N4O6S. The van der Waals surface area contributed by atoms with Crippen LogP contribution in [0.5, 0.6) is 0 Å². The van der Waals surface area contributed by atoms with E-state index in [1.807, 2.05) is 4.90 Å². The van der Waals surface area contributed by atoms with E-state index in [9.17, 15) is 17.6 Å². The largest absolute Gasteiger partial charge is 0.453 e. The van der Waals surface area contributed by atoms with Gasteiger partial charge in [-0.15, -0.1) is 0 Å². The molecule has 1 aliphatic carbocycles. The predicted molar refractivity (Wildman–Crippen MR) is 190 cm³/mol. The van der Waals surface area contributed by atoms with Crippen molar-refractivity contribution in [3.8, 4) is 0 Å².